The zero-order valence-electron chi connectivity index (χ0n) is 12.5. The molecule has 5 N–H and O–H groups in total. The average molecular weight is 307 g/mol. The number of carbonyl (C=O) groups is 1. The molecule has 1 aromatic rings. The molecule has 1 aliphatic heterocycles. The van der Waals surface area contributed by atoms with Gasteiger partial charge in [0.05, 0.1) is 0 Å². The van der Waals surface area contributed by atoms with Gasteiger partial charge in [0.15, 0.2) is 0 Å². The standard InChI is InChI=1S/C11H13N3O3.C4H8O/c1-13-3-2-10(12)14-11(17)7-4-8(15)6-9(16)5-7;1-2-4-5-3-1/h2-6,13,15-16H,1H3,(H2,12,14,17);1-4H2/b3-2-;. The van der Waals surface area contributed by atoms with Gasteiger partial charge in [-0.2, -0.15) is 4.99 Å². The van der Waals surface area contributed by atoms with E-state index in [0.717, 1.165) is 19.3 Å². The Morgan fingerprint density at radius 3 is 2.32 bits per heavy atom. The molecule has 1 fully saturated rings. The summed E-state index contributed by atoms with van der Waals surface area (Å²) in [7, 11) is 1.68. The predicted molar refractivity (Wildman–Crippen MR) is 84.0 cm³/mol. The smallest absolute Gasteiger partial charge is 0.279 e. The number of aromatic hydroxyl groups is 2. The number of amidine groups is 1. The Kier molecular flexibility index (Phi) is 7.49. The van der Waals surface area contributed by atoms with Crippen LogP contribution < -0.4 is 11.1 Å². The maximum Gasteiger partial charge on any atom is 0.279 e. The first-order chi connectivity index (χ1) is 10.5. The molecule has 2 rings (SSSR count). The van der Waals surface area contributed by atoms with Gasteiger partial charge in [-0.05, 0) is 37.3 Å². The molecule has 0 unspecified atom stereocenters. The van der Waals surface area contributed by atoms with Gasteiger partial charge in [-0.3, -0.25) is 4.79 Å². The van der Waals surface area contributed by atoms with Gasteiger partial charge in [0.2, 0.25) is 0 Å². The van der Waals surface area contributed by atoms with E-state index in [9.17, 15) is 15.0 Å². The first-order valence-corrected chi connectivity index (χ1v) is 6.86. The summed E-state index contributed by atoms with van der Waals surface area (Å²) in [5.41, 5.74) is 5.51. The number of amides is 1. The van der Waals surface area contributed by atoms with Crippen molar-refractivity contribution in [1.82, 2.24) is 5.32 Å². The van der Waals surface area contributed by atoms with Crippen molar-refractivity contribution in [2.75, 3.05) is 20.3 Å². The van der Waals surface area contributed by atoms with E-state index < -0.39 is 5.91 Å². The van der Waals surface area contributed by atoms with Gasteiger partial charge in [0.25, 0.3) is 5.91 Å². The van der Waals surface area contributed by atoms with Gasteiger partial charge in [-0.1, -0.05) is 0 Å². The highest BCUT2D eigenvalue weighted by Crippen LogP contribution is 2.20. The van der Waals surface area contributed by atoms with Crippen molar-refractivity contribution in [3.05, 3.63) is 36.0 Å². The largest absolute Gasteiger partial charge is 0.508 e. The highest BCUT2D eigenvalue weighted by Gasteiger charge is 2.07. The SMILES string of the molecule is C1CCOC1.CN/C=C\C(N)=NC(=O)c1cc(O)cc(O)c1. The second kappa shape index (κ2) is 9.41. The number of nitrogens with zero attached hydrogens (tertiary/aromatic N) is 1. The summed E-state index contributed by atoms with van der Waals surface area (Å²) in [4.78, 5) is 15.2. The van der Waals surface area contributed by atoms with Crippen molar-refractivity contribution in [2.45, 2.75) is 12.8 Å². The van der Waals surface area contributed by atoms with Crippen molar-refractivity contribution in [3.8, 4) is 11.5 Å². The summed E-state index contributed by atoms with van der Waals surface area (Å²) in [6.45, 7) is 2.00. The van der Waals surface area contributed by atoms with E-state index in [0.29, 0.717) is 0 Å². The molecule has 7 nitrogen and oxygen atoms in total. The Labute approximate surface area is 129 Å². The summed E-state index contributed by atoms with van der Waals surface area (Å²) in [5.74, 6) is -1.05. The van der Waals surface area contributed by atoms with Crippen molar-refractivity contribution < 1.29 is 19.7 Å². The number of ether oxygens (including phenoxy) is 1. The van der Waals surface area contributed by atoms with Crippen LogP contribution in [0, 0.1) is 0 Å². The number of hydrogen-bond acceptors (Lipinski definition) is 5. The number of hydrogen-bond donors (Lipinski definition) is 4. The number of nitrogens with one attached hydrogen (secondary N) is 1. The highest BCUT2D eigenvalue weighted by molar-refractivity contribution is 6.06. The van der Waals surface area contributed by atoms with Gasteiger partial charge in [-0.15, -0.1) is 0 Å². The van der Waals surface area contributed by atoms with E-state index >= 15 is 0 Å². The number of nitrogens with two attached hydrogens (primary N) is 1. The van der Waals surface area contributed by atoms with Gasteiger partial charge >= 0.3 is 0 Å². The van der Waals surface area contributed by atoms with Crippen LogP contribution in [0.3, 0.4) is 0 Å². The molecule has 22 heavy (non-hydrogen) atoms. The minimum absolute atomic E-state index is 0.0205. The van der Waals surface area contributed by atoms with Crippen molar-refractivity contribution in [2.24, 2.45) is 10.7 Å². The van der Waals surface area contributed by atoms with E-state index in [1.165, 1.54) is 37.3 Å². The van der Waals surface area contributed by atoms with Gasteiger partial charge in [0, 0.05) is 31.9 Å². The molecule has 1 saturated heterocycles. The second-order valence-electron chi connectivity index (χ2n) is 4.52. The lowest BCUT2D eigenvalue weighted by molar-refractivity contribution is 0.100. The first kappa shape index (κ1) is 17.5. The Morgan fingerprint density at radius 1 is 1.27 bits per heavy atom. The number of phenolic OH excluding ortho intramolecular Hbond substituents is 2. The molecule has 0 aromatic heterocycles. The van der Waals surface area contributed by atoms with Crippen LogP contribution in [-0.2, 0) is 4.74 Å². The quantitative estimate of drug-likeness (QED) is 0.491. The fraction of sp³-hybridized carbons (Fsp3) is 0.333. The number of carbonyl (C=O) groups excluding carboxylic acids is 1. The van der Waals surface area contributed by atoms with Crippen LogP contribution in [0.2, 0.25) is 0 Å². The zero-order valence-corrected chi connectivity index (χ0v) is 12.5. The van der Waals surface area contributed by atoms with Gasteiger partial charge < -0.3 is 26.0 Å². The topological polar surface area (TPSA) is 117 Å². The fourth-order valence-corrected chi connectivity index (χ4v) is 1.62. The normalized spacial score (nSPS) is 14.5. The molecule has 0 radical (unpaired) electrons. The first-order valence-electron chi connectivity index (χ1n) is 6.86. The van der Waals surface area contributed by atoms with Crippen LogP contribution >= 0.6 is 0 Å². The maximum atomic E-state index is 11.6. The predicted octanol–water partition coefficient (Wildman–Crippen LogP) is 1.13. The van der Waals surface area contributed by atoms with Gasteiger partial charge in [0.1, 0.15) is 17.3 Å². The van der Waals surface area contributed by atoms with Crippen LogP contribution in [0.4, 0.5) is 0 Å². The maximum absolute atomic E-state index is 11.6. The van der Waals surface area contributed by atoms with E-state index in [1.54, 1.807) is 7.05 Å². The Morgan fingerprint density at radius 2 is 1.86 bits per heavy atom. The molecular weight excluding hydrogens is 286 g/mol. The monoisotopic (exact) mass is 307 g/mol. The minimum atomic E-state index is -0.644. The molecule has 120 valence electrons. The average Bonchev–Trinajstić information content (AvgIpc) is 3.03. The molecule has 0 saturated carbocycles. The van der Waals surface area contributed by atoms with Crippen molar-refractivity contribution >= 4 is 11.7 Å². The number of rotatable bonds is 3. The van der Waals surface area contributed by atoms with Crippen LogP contribution in [0.1, 0.15) is 23.2 Å². The van der Waals surface area contributed by atoms with Crippen molar-refractivity contribution in [1.29, 1.82) is 0 Å². The molecule has 1 aliphatic rings. The molecule has 1 aromatic carbocycles. The molecule has 0 aliphatic carbocycles. The number of phenols is 2. The lowest BCUT2D eigenvalue weighted by Crippen LogP contribution is -2.12. The third-order valence-electron chi connectivity index (χ3n) is 2.63. The van der Waals surface area contributed by atoms with Gasteiger partial charge in [-0.25, -0.2) is 0 Å². The third kappa shape index (κ3) is 6.76. The summed E-state index contributed by atoms with van der Waals surface area (Å²) in [5, 5.41) is 21.1. The Balaban J connectivity index is 0.000000406. The lowest BCUT2D eigenvalue weighted by atomic mass is 10.2. The molecule has 0 bridgehead atoms. The fourth-order valence-electron chi connectivity index (χ4n) is 1.62. The van der Waals surface area contributed by atoms with E-state index in [-0.39, 0.29) is 22.9 Å². The van der Waals surface area contributed by atoms with Crippen LogP contribution in [-0.4, -0.2) is 42.2 Å². The Bertz CT molecular complexity index is 524. The molecule has 0 atom stereocenters. The molecular formula is C15H21N3O4. The molecule has 1 amide bonds. The van der Waals surface area contributed by atoms with Crippen LogP contribution in [0.5, 0.6) is 11.5 Å². The minimum Gasteiger partial charge on any atom is -0.508 e. The van der Waals surface area contributed by atoms with Crippen molar-refractivity contribution in [3.63, 3.8) is 0 Å². The summed E-state index contributed by atoms with van der Waals surface area (Å²) >= 11 is 0. The number of aliphatic imine (C=N–C) groups is 1. The van der Waals surface area contributed by atoms with E-state index in [4.69, 9.17) is 10.5 Å². The van der Waals surface area contributed by atoms with Crippen LogP contribution in [0.25, 0.3) is 0 Å². The lowest BCUT2D eigenvalue weighted by Gasteiger charge is -1.99. The molecule has 1 heterocycles. The highest BCUT2D eigenvalue weighted by atomic mass is 16.5. The summed E-state index contributed by atoms with van der Waals surface area (Å²) < 4.78 is 4.94. The third-order valence-corrected chi connectivity index (χ3v) is 2.63. The van der Waals surface area contributed by atoms with E-state index in [2.05, 4.69) is 10.3 Å². The number of benzene rings is 1. The Hall–Kier alpha value is -2.54. The van der Waals surface area contributed by atoms with E-state index in [1.807, 2.05) is 0 Å². The molecule has 7 heteroatoms. The summed E-state index contributed by atoms with van der Waals surface area (Å²) in [6.07, 6.45) is 5.49. The second-order valence-corrected chi connectivity index (χ2v) is 4.52. The molecule has 0 spiro atoms. The summed E-state index contributed by atoms with van der Waals surface area (Å²) in [6, 6.07) is 3.51. The van der Waals surface area contributed by atoms with Crippen LogP contribution in [0.15, 0.2) is 35.5 Å². The zero-order chi connectivity index (χ0) is 16.4.